The van der Waals surface area contributed by atoms with E-state index in [1.54, 1.807) is 30.3 Å². The molecule has 0 aromatic heterocycles. The highest BCUT2D eigenvalue weighted by atomic mass is 32.2. The number of nitrogens with zero attached hydrogens (tertiary/aromatic N) is 1. The molecule has 0 aliphatic carbocycles. The van der Waals surface area contributed by atoms with Gasteiger partial charge in [-0.1, -0.05) is 24.6 Å². The molecule has 1 aliphatic rings. The molecule has 1 heterocycles. The molecule has 0 unspecified atom stereocenters. The molecule has 0 spiro atoms. The Hall–Kier alpha value is -1.44. The zero-order chi connectivity index (χ0) is 13.7. The van der Waals surface area contributed by atoms with E-state index in [-0.39, 0.29) is 0 Å². The van der Waals surface area contributed by atoms with Gasteiger partial charge in [0.15, 0.2) is 0 Å². The van der Waals surface area contributed by atoms with Crippen LogP contribution in [0.1, 0.15) is 29.6 Å². The molecule has 6 nitrogen and oxygen atoms in total. The summed E-state index contributed by atoms with van der Waals surface area (Å²) in [5.74, 6) is -0.471. The zero-order valence-corrected chi connectivity index (χ0v) is 11.3. The zero-order valence-electron chi connectivity index (χ0n) is 10.5. The van der Waals surface area contributed by atoms with Crippen molar-refractivity contribution in [2.45, 2.75) is 19.3 Å². The van der Waals surface area contributed by atoms with E-state index < -0.39 is 16.1 Å². The molecular weight excluding hydrogens is 266 g/mol. The van der Waals surface area contributed by atoms with Gasteiger partial charge in [-0.3, -0.25) is 10.2 Å². The van der Waals surface area contributed by atoms with Gasteiger partial charge in [-0.15, -0.1) is 4.83 Å². The van der Waals surface area contributed by atoms with Crippen LogP contribution < -0.4 is 10.3 Å². The first-order valence-corrected chi connectivity index (χ1v) is 7.66. The van der Waals surface area contributed by atoms with Gasteiger partial charge < -0.3 is 0 Å². The lowest BCUT2D eigenvalue weighted by atomic mass is 10.2. The van der Waals surface area contributed by atoms with E-state index in [1.807, 2.05) is 0 Å². The minimum Gasteiger partial charge on any atom is -0.273 e. The van der Waals surface area contributed by atoms with Crippen LogP contribution in [0.3, 0.4) is 0 Å². The maximum absolute atomic E-state index is 11.9. The van der Waals surface area contributed by atoms with Crippen molar-refractivity contribution in [1.82, 2.24) is 14.6 Å². The Balaban J connectivity index is 1.92. The Bertz CT molecular complexity index is 524. The largest absolute Gasteiger partial charge is 0.296 e. The third-order valence-corrected chi connectivity index (χ3v) is 4.39. The lowest BCUT2D eigenvalue weighted by Crippen LogP contribution is -2.50. The van der Waals surface area contributed by atoms with E-state index in [2.05, 4.69) is 10.3 Å². The van der Waals surface area contributed by atoms with Crippen LogP contribution in [0.2, 0.25) is 0 Å². The van der Waals surface area contributed by atoms with Crippen LogP contribution >= 0.6 is 0 Å². The number of hydrazine groups is 1. The predicted octanol–water partition coefficient (Wildman–Crippen LogP) is 0.652. The number of benzene rings is 1. The third-order valence-electron chi connectivity index (χ3n) is 2.98. The molecule has 7 heteroatoms. The van der Waals surface area contributed by atoms with Crippen molar-refractivity contribution in [1.29, 1.82) is 0 Å². The average molecular weight is 283 g/mol. The summed E-state index contributed by atoms with van der Waals surface area (Å²) in [6.45, 7) is 0.993. The third kappa shape index (κ3) is 3.76. The molecule has 0 saturated carbocycles. The Labute approximate surface area is 113 Å². The molecule has 104 valence electrons. The first-order chi connectivity index (χ1) is 9.09. The summed E-state index contributed by atoms with van der Waals surface area (Å²) in [5, 5.41) is 0. The molecule has 1 aliphatic heterocycles. The van der Waals surface area contributed by atoms with Gasteiger partial charge in [0.05, 0.1) is 0 Å². The first kappa shape index (κ1) is 14.0. The van der Waals surface area contributed by atoms with E-state index in [9.17, 15) is 13.2 Å². The monoisotopic (exact) mass is 283 g/mol. The minimum absolute atomic E-state index is 0.406. The van der Waals surface area contributed by atoms with Gasteiger partial charge in [0.25, 0.3) is 16.1 Å². The normalized spacial score (nSPS) is 17.1. The molecule has 0 bridgehead atoms. The van der Waals surface area contributed by atoms with Crippen LogP contribution in [0.5, 0.6) is 0 Å². The molecular formula is C12H17N3O3S. The molecule has 1 aromatic rings. The molecule has 0 atom stereocenters. The number of rotatable bonds is 4. The smallest absolute Gasteiger partial charge is 0.273 e. The Morgan fingerprint density at radius 3 is 2.32 bits per heavy atom. The van der Waals surface area contributed by atoms with Crippen LogP contribution in [0.25, 0.3) is 0 Å². The van der Waals surface area contributed by atoms with Gasteiger partial charge in [-0.2, -0.15) is 12.7 Å². The minimum atomic E-state index is -3.64. The van der Waals surface area contributed by atoms with Crippen molar-refractivity contribution in [3.8, 4) is 0 Å². The summed E-state index contributed by atoms with van der Waals surface area (Å²) in [6.07, 6.45) is 2.75. The fourth-order valence-corrected chi connectivity index (χ4v) is 3.03. The van der Waals surface area contributed by atoms with E-state index in [4.69, 9.17) is 0 Å². The number of carbonyl (C=O) groups is 1. The number of hydrogen-bond acceptors (Lipinski definition) is 3. The highest BCUT2D eigenvalue weighted by molar-refractivity contribution is 7.87. The quantitative estimate of drug-likeness (QED) is 0.796. The van der Waals surface area contributed by atoms with Gasteiger partial charge in [-0.05, 0) is 25.0 Å². The van der Waals surface area contributed by atoms with Crippen molar-refractivity contribution >= 4 is 16.1 Å². The molecule has 1 fully saturated rings. The highest BCUT2D eigenvalue weighted by Gasteiger charge is 2.24. The maximum atomic E-state index is 11.9. The van der Waals surface area contributed by atoms with Gasteiger partial charge >= 0.3 is 0 Å². The van der Waals surface area contributed by atoms with Gasteiger partial charge in [-0.25, -0.2) is 0 Å². The summed E-state index contributed by atoms with van der Waals surface area (Å²) in [6, 6.07) is 8.45. The van der Waals surface area contributed by atoms with E-state index in [0.29, 0.717) is 18.7 Å². The lowest BCUT2D eigenvalue weighted by molar-refractivity contribution is 0.0943. The van der Waals surface area contributed by atoms with Gasteiger partial charge in [0, 0.05) is 18.7 Å². The van der Waals surface area contributed by atoms with Crippen LogP contribution in [-0.2, 0) is 10.2 Å². The van der Waals surface area contributed by atoms with Gasteiger partial charge in [0.2, 0.25) is 0 Å². The van der Waals surface area contributed by atoms with Crippen LogP contribution in [0.4, 0.5) is 0 Å². The second-order valence-electron chi connectivity index (χ2n) is 4.39. The van der Waals surface area contributed by atoms with E-state index in [0.717, 1.165) is 19.3 Å². The van der Waals surface area contributed by atoms with Crippen molar-refractivity contribution in [2.75, 3.05) is 13.1 Å². The lowest BCUT2D eigenvalue weighted by Gasteiger charge is -2.25. The second-order valence-corrected chi connectivity index (χ2v) is 6.06. The number of piperidine rings is 1. The van der Waals surface area contributed by atoms with Crippen molar-refractivity contribution < 1.29 is 13.2 Å². The highest BCUT2D eigenvalue weighted by Crippen LogP contribution is 2.11. The number of amides is 1. The summed E-state index contributed by atoms with van der Waals surface area (Å²) in [4.78, 5) is 13.8. The van der Waals surface area contributed by atoms with Crippen molar-refractivity contribution in [2.24, 2.45) is 0 Å². The Kier molecular flexibility index (Phi) is 4.52. The average Bonchev–Trinajstić information content (AvgIpc) is 2.47. The molecule has 19 heavy (non-hydrogen) atoms. The molecule has 1 saturated heterocycles. The Morgan fingerprint density at radius 1 is 1.05 bits per heavy atom. The number of nitrogens with one attached hydrogen (secondary N) is 2. The number of carbonyl (C=O) groups excluding carboxylic acids is 1. The molecule has 0 radical (unpaired) electrons. The molecule has 2 N–H and O–H groups in total. The molecule has 2 rings (SSSR count). The second kappa shape index (κ2) is 6.14. The number of hydrogen-bond donors (Lipinski definition) is 2. The standard InChI is InChI=1S/C12H17N3O3S/c16-12(11-7-3-1-4-8-11)13-14-19(17,18)15-9-5-2-6-10-15/h1,3-4,7-8,14H,2,5-6,9-10H2,(H,13,16). The van der Waals surface area contributed by atoms with Crippen LogP contribution in [0.15, 0.2) is 30.3 Å². The topological polar surface area (TPSA) is 78.5 Å². The fourth-order valence-electron chi connectivity index (χ4n) is 1.94. The van der Waals surface area contributed by atoms with Crippen molar-refractivity contribution in [3.05, 3.63) is 35.9 Å². The van der Waals surface area contributed by atoms with E-state index >= 15 is 0 Å². The summed E-state index contributed by atoms with van der Waals surface area (Å²) in [5.41, 5.74) is 2.62. The van der Waals surface area contributed by atoms with Crippen LogP contribution in [-0.4, -0.2) is 31.7 Å². The fraction of sp³-hybridized carbons (Fsp3) is 0.417. The maximum Gasteiger partial charge on any atom is 0.296 e. The predicted molar refractivity (Wildman–Crippen MR) is 71.4 cm³/mol. The Morgan fingerprint density at radius 2 is 1.68 bits per heavy atom. The first-order valence-electron chi connectivity index (χ1n) is 6.22. The van der Waals surface area contributed by atoms with Gasteiger partial charge in [0.1, 0.15) is 0 Å². The van der Waals surface area contributed by atoms with Crippen LogP contribution in [0, 0.1) is 0 Å². The molecule has 1 amide bonds. The molecule has 1 aromatic carbocycles. The van der Waals surface area contributed by atoms with E-state index in [1.165, 1.54) is 4.31 Å². The SMILES string of the molecule is O=C(NNS(=O)(=O)N1CCCCC1)c1ccccc1. The summed E-state index contributed by atoms with van der Waals surface area (Å²) < 4.78 is 25.2. The summed E-state index contributed by atoms with van der Waals surface area (Å²) >= 11 is 0. The van der Waals surface area contributed by atoms with Crippen molar-refractivity contribution in [3.63, 3.8) is 0 Å². The summed E-state index contributed by atoms with van der Waals surface area (Å²) in [7, 11) is -3.64.